The van der Waals surface area contributed by atoms with Crippen molar-refractivity contribution in [3.63, 3.8) is 0 Å². The van der Waals surface area contributed by atoms with Gasteiger partial charge in [0.25, 0.3) is 0 Å². The van der Waals surface area contributed by atoms with Crippen molar-refractivity contribution in [2.75, 3.05) is 0 Å². The highest BCUT2D eigenvalue weighted by Gasteiger charge is 2.68. The van der Waals surface area contributed by atoms with Crippen LogP contribution in [0.3, 0.4) is 0 Å². The largest absolute Gasteiger partial charge is 0.488 e. The van der Waals surface area contributed by atoms with Gasteiger partial charge in [-0.2, -0.15) is 0 Å². The molecule has 0 amide bonds. The lowest BCUT2D eigenvalue weighted by molar-refractivity contribution is -0.175. The van der Waals surface area contributed by atoms with Gasteiger partial charge in [-0.15, -0.1) is 0 Å². The van der Waals surface area contributed by atoms with E-state index in [0.29, 0.717) is 17.8 Å². The van der Waals surface area contributed by atoms with Crippen molar-refractivity contribution in [1.29, 1.82) is 0 Å². The van der Waals surface area contributed by atoms with Crippen molar-refractivity contribution in [2.24, 2.45) is 23.2 Å². The van der Waals surface area contributed by atoms with Crippen LogP contribution in [0.2, 0.25) is 0 Å². The Morgan fingerprint density at radius 2 is 2.11 bits per heavy atom. The fourth-order valence-electron chi connectivity index (χ4n) is 3.99. The minimum Gasteiger partial charge on any atom is -0.488 e. The summed E-state index contributed by atoms with van der Waals surface area (Å²) in [7, 11) is 0. The van der Waals surface area contributed by atoms with Gasteiger partial charge in [-0.1, -0.05) is 6.58 Å². The topological polar surface area (TPSA) is 35.5 Å². The Hall–Kier alpha value is -0.990. The number of ether oxygens (including phenoxy) is 2. The molecular weight excluding hydrogens is 228 g/mol. The second-order valence-electron chi connectivity index (χ2n) is 7.27. The molecule has 3 heteroatoms. The standard InChI is InChI=1S/C15H22O3/c1-8-10-6-9-7-11(10)15(5,18-8)12(9)17-13(16)14(2,3)4/h9-12H,1,6-7H2,2-5H3. The molecule has 1 heterocycles. The van der Waals surface area contributed by atoms with E-state index in [1.54, 1.807) is 0 Å². The maximum absolute atomic E-state index is 12.1. The summed E-state index contributed by atoms with van der Waals surface area (Å²) in [6.45, 7) is 11.8. The molecule has 0 spiro atoms. The molecule has 0 radical (unpaired) electrons. The molecule has 0 aromatic heterocycles. The van der Waals surface area contributed by atoms with Gasteiger partial charge >= 0.3 is 5.97 Å². The first kappa shape index (κ1) is 12.1. The number of carbonyl (C=O) groups is 1. The van der Waals surface area contributed by atoms with Crippen LogP contribution in [0.1, 0.15) is 40.5 Å². The van der Waals surface area contributed by atoms with Gasteiger partial charge in [-0.3, -0.25) is 4.79 Å². The number of esters is 1. The van der Waals surface area contributed by atoms with Crippen LogP contribution < -0.4 is 0 Å². The molecular formula is C15H22O3. The van der Waals surface area contributed by atoms with Crippen LogP contribution in [0.15, 0.2) is 12.3 Å². The molecule has 100 valence electrons. The number of fused-ring (bicyclic) bond motifs is 1. The molecule has 3 rings (SSSR count). The zero-order valence-corrected chi connectivity index (χ0v) is 11.7. The minimum absolute atomic E-state index is 0.0928. The third kappa shape index (κ3) is 1.39. The maximum Gasteiger partial charge on any atom is 0.311 e. The first-order chi connectivity index (χ1) is 8.23. The Labute approximate surface area is 109 Å². The van der Waals surface area contributed by atoms with Gasteiger partial charge in [0, 0.05) is 17.8 Å². The van der Waals surface area contributed by atoms with E-state index < -0.39 is 5.41 Å². The zero-order chi connectivity index (χ0) is 13.3. The second kappa shape index (κ2) is 3.31. The van der Waals surface area contributed by atoms with Gasteiger partial charge in [-0.05, 0) is 40.5 Å². The SMILES string of the molecule is C=C1OC2(C)C3CC(CC13)C2OC(=O)C(C)(C)C. The Morgan fingerprint density at radius 1 is 1.44 bits per heavy atom. The number of allylic oxidation sites excluding steroid dienone is 1. The summed E-state index contributed by atoms with van der Waals surface area (Å²) >= 11 is 0. The lowest BCUT2D eigenvalue weighted by Crippen LogP contribution is -2.47. The third-order valence-electron chi connectivity index (χ3n) is 4.94. The molecule has 2 bridgehead atoms. The molecule has 3 nitrogen and oxygen atoms in total. The Morgan fingerprint density at radius 3 is 2.72 bits per heavy atom. The van der Waals surface area contributed by atoms with Crippen molar-refractivity contribution < 1.29 is 14.3 Å². The number of rotatable bonds is 1. The lowest BCUT2D eigenvalue weighted by Gasteiger charge is -2.36. The highest BCUT2D eigenvalue weighted by molar-refractivity contribution is 5.75. The van der Waals surface area contributed by atoms with Gasteiger partial charge in [0.05, 0.1) is 11.2 Å². The van der Waals surface area contributed by atoms with Gasteiger partial charge in [0.1, 0.15) is 11.7 Å². The maximum atomic E-state index is 12.1. The number of carbonyl (C=O) groups excluding carboxylic acids is 1. The van der Waals surface area contributed by atoms with Crippen molar-refractivity contribution in [2.45, 2.75) is 52.2 Å². The molecule has 0 aromatic carbocycles. The Kier molecular flexibility index (Phi) is 2.22. The molecule has 5 unspecified atom stereocenters. The number of hydrogen-bond acceptors (Lipinski definition) is 3. The molecule has 5 atom stereocenters. The normalized spacial score (nSPS) is 45.2. The van der Waals surface area contributed by atoms with Crippen LogP contribution in [0.25, 0.3) is 0 Å². The summed E-state index contributed by atoms with van der Waals surface area (Å²) < 4.78 is 11.8. The van der Waals surface area contributed by atoms with Gasteiger partial charge in [0.15, 0.2) is 0 Å². The van der Waals surface area contributed by atoms with E-state index >= 15 is 0 Å². The minimum atomic E-state index is -0.451. The van der Waals surface area contributed by atoms with Crippen LogP contribution in [0.5, 0.6) is 0 Å². The van der Waals surface area contributed by atoms with Crippen molar-refractivity contribution in [3.8, 4) is 0 Å². The molecule has 3 aliphatic rings. The predicted molar refractivity (Wildman–Crippen MR) is 67.7 cm³/mol. The highest BCUT2D eigenvalue weighted by atomic mass is 16.6. The molecule has 2 saturated carbocycles. The van der Waals surface area contributed by atoms with Crippen LogP contribution >= 0.6 is 0 Å². The fraction of sp³-hybridized carbons (Fsp3) is 0.800. The van der Waals surface area contributed by atoms with Gasteiger partial charge in [-0.25, -0.2) is 0 Å². The fourth-order valence-corrected chi connectivity index (χ4v) is 3.99. The monoisotopic (exact) mass is 250 g/mol. The molecule has 3 fully saturated rings. The first-order valence-corrected chi connectivity index (χ1v) is 6.82. The Balaban J connectivity index is 1.83. The summed E-state index contributed by atoms with van der Waals surface area (Å²) in [5, 5.41) is 0. The van der Waals surface area contributed by atoms with Gasteiger partial charge in [0.2, 0.25) is 0 Å². The van der Waals surface area contributed by atoms with Gasteiger partial charge < -0.3 is 9.47 Å². The summed E-state index contributed by atoms with van der Waals surface area (Å²) in [4.78, 5) is 12.1. The molecule has 1 aliphatic heterocycles. The predicted octanol–water partition coefficient (Wildman–Crippen LogP) is 2.90. The van der Waals surface area contributed by atoms with Crippen LogP contribution in [-0.2, 0) is 14.3 Å². The molecule has 2 aliphatic carbocycles. The average molecular weight is 250 g/mol. The number of hydrogen-bond donors (Lipinski definition) is 0. The zero-order valence-electron chi connectivity index (χ0n) is 11.7. The molecule has 0 aromatic rings. The highest BCUT2D eigenvalue weighted by Crippen LogP contribution is 2.63. The summed E-state index contributed by atoms with van der Waals surface area (Å²) in [5.41, 5.74) is -0.779. The van der Waals surface area contributed by atoms with Crippen LogP contribution in [0, 0.1) is 23.2 Å². The average Bonchev–Trinajstić information content (AvgIpc) is 2.80. The van der Waals surface area contributed by atoms with Crippen LogP contribution in [-0.4, -0.2) is 17.7 Å². The van der Waals surface area contributed by atoms with Crippen molar-refractivity contribution in [1.82, 2.24) is 0 Å². The lowest BCUT2D eigenvalue weighted by atomic mass is 9.79. The smallest absolute Gasteiger partial charge is 0.311 e. The second-order valence-corrected chi connectivity index (χ2v) is 7.27. The Bertz CT molecular complexity index is 420. The van der Waals surface area contributed by atoms with Crippen LogP contribution in [0.4, 0.5) is 0 Å². The third-order valence-corrected chi connectivity index (χ3v) is 4.94. The molecule has 0 N–H and O–H groups in total. The van der Waals surface area contributed by atoms with E-state index in [1.165, 1.54) is 0 Å². The van der Waals surface area contributed by atoms with E-state index in [2.05, 4.69) is 13.5 Å². The van der Waals surface area contributed by atoms with Crippen molar-refractivity contribution in [3.05, 3.63) is 12.3 Å². The summed E-state index contributed by atoms with van der Waals surface area (Å²) in [6, 6.07) is 0. The first-order valence-electron chi connectivity index (χ1n) is 6.82. The summed E-state index contributed by atoms with van der Waals surface area (Å²) in [5.74, 6) is 2.21. The van der Waals surface area contributed by atoms with E-state index in [0.717, 1.165) is 18.6 Å². The molecule has 1 saturated heterocycles. The van der Waals surface area contributed by atoms with Crippen molar-refractivity contribution >= 4 is 5.97 Å². The van der Waals surface area contributed by atoms with E-state index in [4.69, 9.17) is 9.47 Å². The van der Waals surface area contributed by atoms with E-state index in [9.17, 15) is 4.79 Å². The van der Waals surface area contributed by atoms with E-state index in [1.807, 2.05) is 20.8 Å². The quantitative estimate of drug-likeness (QED) is 0.671. The summed E-state index contributed by atoms with van der Waals surface area (Å²) in [6.07, 6.45) is 2.09. The van der Waals surface area contributed by atoms with E-state index in [-0.39, 0.29) is 17.7 Å². The molecule has 18 heavy (non-hydrogen) atoms.